The van der Waals surface area contributed by atoms with Crippen LogP contribution in [-0.2, 0) is 21.7 Å². The zero-order chi connectivity index (χ0) is 37.1. The number of nitriles is 1. The third-order valence-electron chi connectivity index (χ3n) is 10.3. The van der Waals surface area contributed by atoms with Crippen molar-refractivity contribution in [3.63, 3.8) is 0 Å². The van der Waals surface area contributed by atoms with E-state index in [2.05, 4.69) is 192 Å². The molecule has 0 N–H and O–H groups in total. The lowest BCUT2D eigenvalue weighted by Gasteiger charge is -2.32. The molecule has 1 nitrogen and oxygen atoms in total. The van der Waals surface area contributed by atoms with Crippen molar-refractivity contribution in [2.24, 2.45) is 0 Å². The summed E-state index contributed by atoms with van der Waals surface area (Å²) in [5, 5.41) is 19.3. The monoisotopic (exact) mass is 687 g/mol. The van der Waals surface area contributed by atoms with Crippen molar-refractivity contribution in [1.82, 2.24) is 0 Å². The Morgan fingerprint density at radius 3 is 1.20 bits per heavy atom. The largest absolute Gasteiger partial charge is 0.192 e. The molecule has 6 rings (SSSR count). The highest BCUT2D eigenvalue weighted by atomic mass is 31.1. The van der Waals surface area contributed by atoms with Crippen molar-refractivity contribution in [3.8, 4) is 17.2 Å². The molecule has 0 atom stereocenters. The third-order valence-corrected chi connectivity index (χ3v) is 12.7. The van der Waals surface area contributed by atoms with Crippen LogP contribution >= 0.6 is 7.92 Å². The standard InChI is InChI=1S/C49H54NP/c1-46(2,3)35-25-36(47(4,5)6)28-39(27-35)51(40-29-37(48(7,8)9)26-38(30-40)49(10,11)12)43-24-23-33-18-14-16-20-42(33)45(43)44-34(31-50)22-21-32-17-13-15-19-41(32)44/h13-30H,1-12H3. The summed E-state index contributed by atoms with van der Waals surface area (Å²) in [5.41, 5.74) is 8.19. The third kappa shape index (κ3) is 7.27. The Hall–Kier alpha value is -4.24. The number of hydrogen-bond donors (Lipinski definition) is 0. The first-order valence-corrected chi connectivity index (χ1v) is 19.7. The Bertz CT molecular complexity index is 2170. The molecule has 0 aliphatic heterocycles. The number of nitrogens with zero attached hydrogens (tertiary/aromatic N) is 1. The lowest BCUT2D eigenvalue weighted by atomic mass is 9.81. The SMILES string of the molecule is CC(C)(C)c1cc(P(c2cc(C(C)(C)C)cc(C(C)(C)C)c2)c2ccc3ccccc3c2-c2c(C#N)ccc3ccccc23)cc(C(C)(C)C)c1. The van der Waals surface area contributed by atoms with Crippen LogP contribution in [0.1, 0.15) is 111 Å². The quantitative estimate of drug-likeness (QED) is 0.169. The second-order valence-corrected chi connectivity index (χ2v) is 20.6. The maximum atomic E-state index is 10.7. The van der Waals surface area contributed by atoms with Gasteiger partial charge in [-0.2, -0.15) is 5.26 Å². The summed E-state index contributed by atoms with van der Waals surface area (Å²) in [6.07, 6.45) is 0. The van der Waals surface area contributed by atoms with Crippen LogP contribution < -0.4 is 15.9 Å². The van der Waals surface area contributed by atoms with Crippen molar-refractivity contribution < 1.29 is 0 Å². The van der Waals surface area contributed by atoms with Gasteiger partial charge in [0.15, 0.2) is 0 Å². The van der Waals surface area contributed by atoms with Crippen LogP contribution in [0.15, 0.2) is 109 Å². The Morgan fingerprint density at radius 1 is 0.431 bits per heavy atom. The first-order valence-electron chi connectivity index (χ1n) is 18.3. The fourth-order valence-corrected chi connectivity index (χ4v) is 9.59. The molecular weight excluding hydrogens is 634 g/mol. The number of hydrogen-bond acceptors (Lipinski definition) is 1. The molecule has 0 aliphatic rings. The molecule has 0 fully saturated rings. The minimum Gasteiger partial charge on any atom is -0.192 e. The van der Waals surface area contributed by atoms with Crippen molar-refractivity contribution >= 4 is 45.4 Å². The van der Waals surface area contributed by atoms with E-state index in [0.717, 1.165) is 16.3 Å². The average Bonchev–Trinajstić information content (AvgIpc) is 3.06. The molecule has 0 amide bonds. The minimum atomic E-state index is -1.10. The molecule has 6 aromatic carbocycles. The van der Waals surface area contributed by atoms with Crippen LogP contribution in [-0.4, -0.2) is 0 Å². The van der Waals surface area contributed by atoms with Gasteiger partial charge in [-0.05, 0) is 101 Å². The lowest BCUT2D eigenvalue weighted by Crippen LogP contribution is -2.28. The average molecular weight is 688 g/mol. The lowest BCUT2D eigenvalue weighted by molar-refractivity contribution is 0.569. The van der Waals surface area contributed by atoms with Gasteiger partial charge in [0.1, 0.15) is 0 Å². The highest BCUT2D eigenvalue weighted by Gasteiger charge is 2.30. The van der Waals surface area contributed by atoms with Crippen molar-refractivity contribution in [1.29, 1.82) is 5.26 Å². The van der Waals surface area contributed by atoms with Gasteiger partial charge >= 0.3 is 0 Å². The van der Waals surface area contributed by atoms with Gasteiger partial charge in [-0.1, -0.05) is 186 Å². The van der Waals surface area contributed by atoms with Gasteiger partial charge in [0.2, 0.25) is 0 Å². The molecule has 0 aromatic heterocycles. The van der Waals surface area contributed by atoms with Gasteiger partial charge in [0.05, 0.1) is 11.6 Å². The predicted octanol–water partition coefficient (Wildman–Crippen LogP) is 12.5. The summed E-state index contributed by atoms with van der Waals surface area (Å²) < 4.78 is 0. The van der Waals surface area contributed by atoms with Gasteiger partial charge in [-0.15, -0.1) is 0 Å². The van der Waals surface area contributed by atoms with E-state index in [4.69, 9.17) is 0 Å². The van der Waals surface area contributed by atoms with E-state index in [1.165, 1.54) is 54.5 Å². The Morgan fingerprint density at radius 2 is 0.804 bits per heavy atom. The molecule has 0 saturated heterocycles. The summed E-state index contributed by atoms with van der Waals surface area (Å²) in [5.74, 6) is 0. The van der Waals surface area contributed by atoms with Gasteiger partial charge in [0, 0.05) is 5.56 Å². The molecule has 0 radical (unpaired) electrons. The van der Waals surface area contributed by atoms with Crippen molar-refractivity contribution in [2.75, 3.05) is 0 Å². The van der Waals surface area contributed by atoms with E-state index >= 15 is 0 Å². The minimum absolute atomic E-state index is 0.0311. The van der Waals surface area contributed by atoms with Crippen molar-refractivity contribution in [3.05, 3.63) is 137 Å². The van der Waals surface area contributed by atoms with Gasteiger partial charge in [-0.25, -0.2) is 0 Å². The maximum absolute atomic E-state index is 10.7. The molecule has 2 heteroatoms. The normalized spacial score (nSPS) is 12.9. The van der Waals surface area contributed by atoms with Crippen LogP contribution in [0.3, 0.4) is 0 Å². The van der Waals surface area contributed by atoms with E-state index in [1.54, 1.807) is 0 Å². The Balaban J connectivity index is 1.85. The van der Waals surface area contributed by atoms with Crippen molar-refractivity contribution in [2.45, 2.75) is 105 Å². The molecule has 0 bridgehead atoms. The molecule has 0 spiro atoms. The summed E-state index contributed by atoms with van der Waals surface area (Å²) in [6.45, 7) is 27.9. The van der Waals surface area contributed by atoms with Crippen LogP contribution in [0.25, 0.3) is 32.7 Å². The maximum Gasteiger partial charge on any atom is 0.0998 e. The first kappa shape index (κ1) is 36.5. The van der Waals surface area contributed by atoms with Gasteiger partial charge < -0.3 is 0 Å². The molecule has 6 aromatic rings. The van der Waals surface area contributed by atoms with Crippen LogP contribution in [0.4, 0.5) is 0 Å². The number of fused-ring (bicyclic) bond motifs is 2. The summed E-state index contributed by atoms with van der Waals surface area (Å²) >= 11 is 0. The van der Waals surface area contributed by atoms with Crippen LogP contribution in [0.5, 0.6) is 0 Å². The van der Waals surface area contributed by atoms with Gasteiger partial charge in [-0.3, -0.25) is 0 Å². The van der Waals surface area contributed by atoms with E-state index in [0.29, 0.717) is 5.56 Å². The predicted molar refractivity (Wildman–Crippen MR) is 225 cm³/mol. The van der Waals surface area contributed by atoms with Gasteiger partial charge in [0.25, 0.3) is 0 Å². The smallest absolute Gasteiger partial charge is 0.0998 e. The summed E-state index contributed by atoms with van der Waals surface area (Å²) in [6, 6.07) is 43.5. The van der Waals surface area contributed by atoms with E-state index in [-0.39, 0.29) is 21.7 Å². The molecular formula is C49H54NP. The summed E-state index contributed by atoms with van der Waals surface area (Å²) in [7, 11) is -1.10. The highest BCUT2D eigenvalue weighted by molar-refractivity contribution is 7.80. The topological polar surface area (TPSA) is 23.8 Å². The fraction of sp³-hybridized carbons (Fsp3) is 0.327. The summed E-state index contributed by atoms with van der Waals surface area (Å²) in [4.78, 5) is 0. The van der Waals surface area contributed by atoms with E-state index < -0.39 is 7.92 Å². The highest BCUT2D eigenvalue weighted by Crippen LogP contribution is 2.46. The Kier molecular flexibility index (Phi) is 9.36. The van der Waals surface area contributed by atoms with E-state index in [1.807, 2.05) is 6.07 Å². The molecule has 0 saturated carbocycles. The molecule has 260 valence electrons. The van der Waals surface area contributed by atoms with Crippen LogP contribution in [0.2, 0.25) is 0 Å². The zero-order valence-corrected chi connectivity index (χ0v) is 33.7. The second kappa shape index (κ2) is 13.1. The molecule has 51 heavy (non-hydrogen) atoms. The molecule has 0 aliphatic carbocycles. The van der Waals surface area contributed by atoms with Crippen LogP contribution in [0, 0.1) is 11.3 Å². The Labute approximate surface area is 308 Å². The first-order chi connectivity index (χ1) is 23.8. The fourth-order valence-electron chi connectivity index (χ4n) is 6.98. The molecule has 0 unspecified atom stereocenters. The number of benzene rings is 6. The van der Waals surface area contributed by atoms with E-state index in [9.17, 15) is 5.26 Å². The second-order valence-electron chi connectivity index (χ2n) is 18.4. The number of rotatable bonds is 4. The zero-order valence-electron chi connectivity index (χ0n) is 32.8. The molecule has 0 heterocycles.